The number of amides is 2. The number of methoxy groups -OCH3 is 1. The lowest BCUT2D eigenvalue weighted by Gasteiger charge is -2.08. The van der Waals surface area contributed by atoms with Gasteiger partial charge in [-0.1, -0.05) is 23.3 Å². The van der Waals surface area contributed by atoms with Gasteiger partial charge in [-0.3, -0.25) is 9.59 Å². The molecule has 2 aliphatic rings. The molecule has 2 aliphatic heterocycles. The van der Waals surface area contributed by atoms with Gasteiger partial charge in [0.1, 0.15) is 5.75 Å². The summed E-state index contributed by atoms with van der Waals surface area (Å²) < 4.78 is 10.7. The number of carbonyl (C=O) groups excluding carboxylic acids is 2. The van der Waals surface area contributed by atoms with Gasteiger partial charge >= 0.3 is 6.01 Å². The van der Waals surface area contributed by atoms with E-state index in [2.05, 4.69) is 20.5 Å². The van der Waals surface area contributed by atoms with E-state index in [4.69, 9.17) is 9.15 Å². The lowest BCUT2D eigenvalue weighted by atomic mass is 10.1. The van der Waals surface area contributed by atoms with Gasteiger partial charge in [0.15, 0.2) is 5.17 Å². The summed E-state index contributed by atoms with van der Waals surface area (Å²) in [6, 6.07) is 14.5. The molecule has 0 saturated carbocycles. The number of nitrogens with one attached hydrogen (secondary N) is 1. The van der Waals surface area contributed by atoms with Crippen molar-refractivity contribution < 1.29 is 18.7 Å². The summed E-state index contributed by atoms with van der Waals surface area (Å²) in [6.07, 6.45) is 0. The number of carbonyl (C=O) groups is 2. The van der Waals surface area contributed by atoms with Gasteiger partial charge in [-0.05, 0) is 42.1 Å². The van der Waals surface area contributed by atoms with Gasteiger partial charge in [-0.2, -0.15) is 4.99 Å². The number of anilines is 1. The summed E-state index contributed by atoms with van der Waals surface area (Å²) in [6.45, 7) is 0. The number of rotatable bonds is 3. The fourth-order valence-electron chi connectivity index (χ4n) is 3.32. The largest absolute Gasteiger partial charge is 0.497 e. The van der Waals surface area contributed by atoms with Crippen molar-refractivity contribution in [3.63, 3.8) is 0 Å². The highest BCUT2D eigenvalue weighted by Gasteiger charge is 2.37. The molecule has 0 radical (unpaired) electrons. The Morgan fingerprint density at radius 3 is 2.65 bits per heavy atom. The Morgan fingerprint density at radius 1 is 1.10 bits per heavy atom. The number of aromatic nitrogens is 2. The second-order valence-electron chi connectivity index (χ2n) is 6.68. The molecule has 154 valence electrons. The lowest BCUT2D eigenvalue weighted by Crippen LogP contribution is -2.23. The molecule has 2 aromatic carbocycles. The van der Waals surface area contributed by atoms with E-state index in [0.717, 1.165) is 17.4 Å². The normalized spacial score (nSPS) is 19.2. The topological polar surface area (TPSA) is 110 Å². The number of hydrogen-bond donors (Lipinski definition) is 1. The summed E-state index contributed by atoms with van der Waals surface area (Å²) in [7, 11) is 3.27. The number of hydrogen-bond acceptors (Lipinski definition) is 8. The van der Waals surface area contributed by atoms with Gasteiger partial charge in [0.25, 0.3) is 11.8 Å². The zero-order chi connectivity index (χ0) is 21.5. The molecule has 3 aromatic rings. The highest BCUT2D eigenvalue weighted by atomic mass is 32.2. The van der Waals surface area contributed by atoms with Gasteiger partial charge in [-0.15, -0.1) is 5.10 Å². The van der Waals surface area contributed by atoms with Crippen LogP contribution in [0.15, 0.2) is 62.8 Å². The van der Waals surface area contributed by atoms with E-state index in [1.54, 1.807) is 38.4 Å². The first kappa shape index (κ1) is 19.1. The van der Waals surface area contributed by atoms with Crippen LogP contribution in [0.1, 0.15) is 5.56 Å². The summed E-state index contributed by atoms with van der Waals surface area (Å²) in [5.74, 6) is 0.367. The summed E-state index contributed by atoms with van der Waals surface area (Å²) in [5, 5.41) is 10.8. The van der Waals surface area contributed by atoms with E-state index in [1.807, 2.05) is 24.3 Å². The molecule has 0 spiro atoms. The molecule has 0 atom stereocenters. The van der Waals surface area contributed by atoms with E-state index < -0.39 is 5.91 Å². The van der Waals surface area contributed by atoms with E-state index >= 15 is 0 Å². The van der Waals surface area contributed by atoms with Crippen LogP contribution in [0.2, 0.25) is 0 Å². The Morgan fingerprint density at radius 2 is 1.87 bits per heavy atom. The Hall–Kier alpha value is -3.92. The molecular weight excluding hydrogens is 418 g/mol. The van der Waals surface area contributed by atoms with Gasteiger partial charge in [0, 0.05) is 18.2 Å². The third-order valence-electron chi connectivity index (χ3n) is 4.85. The highest BCUT2D eigenvalue weighted by Crippen LogP contribution is 2.42. The number of benzene rings is 2. The number of ether oxygens (including phenoxy) is 1. The fraction of sp³-hybridized carbons (Fsp3) is 0.0952. The van der Waals surface area contributed by atoms with Crippen LogP contribution in [-0.2, 0) is 9.59 Å². The average molecular weight is 433 g/mol. The number of fused-ring (bicyclic) bond motifs is 1. The van der Waals surface area contributed by atoms with Crippen molar-refractivity contribution in [2.45, 2.75) is 0 Å². The van der Waals surface area contributed by atoms with Gasteiger partial charge in [0.05, 0.1) is 23.3 Å². The Kier molecular flexibility index (Phi) is 4.55. The summed E-state index contributed by atoms with van der Waals surface area (Å²) in [4.78, 5) is 31.4. The molecule has 1 aromatic heterocycles. The second-order valence-corrected chi connectivity index (χ2v) is 7.68. The first-order valence-corrected chi connectivity index (χ1v) is 10.0. The third-order valence-corrected chi connectivity index (χ3v) is 5.83. The van der Waals surface area contributed by atoms with Crippen molar-refractivity contribution in [3.8, 4) is 17.2 Å². The van der Waals surface area contributed by atoms with Crippen LogP contribution in [0.4, 0.5) is 11.7 Å². The molecule has 0 unspecified atom stereocenters. The van der Waals surface area contributed by atoms with Crippen LogP contribution < -0.4 is 15.0 Å². The molecular formula is C21H15N5O4S. The van der Waals surface area contributed by atoms with Crippen molar-refractivity contribution in [2.24, 2.45) is 4.99 Å². The van der Waals surface area contributed by atoms with E-state index in [1.165, 1.54) is 4.90 Å². The predicted molar refractivity (Wildman–Crippen MR) is 116 cm³/mol. The minimum Gasteiger partial charge on any atom is -0.497 e. The van der Waals surface area contributed by atoms with Crippen LogP contribution in [0.5, 0.6) is 5.75 Å². The van der Waals surface area contributed by atoms with Crippen LogP contribution >= 0.6 is 11.8 Å². The Bertz CT molecular complexity index is 1280. The average Bonchev–Trinajstić information content (AvgIpc) is 3.46. The lowest BCUT2D eigenvalue weighted by molar-refractivity contribution is -0.116. The number of para-hydroxylation sites is 1. The minimum atomic E-state index is -0.396. The molecule has 1 fully saturated rings. The Labute approximate surface area is 180 Å². The van der Waals surface area contributed by atoms with Crippen LogP contribution in [0.3, 0.4) is 0 Å². The van der Waals surface area contributed by atoms with Gasteiger partial charge < -0.3 is 19.4 Å². The van der Waals surface area contributed by atoms with Crippen molar-refractivity contribution in [1.29, 1.82) is 0 Å². The molecule has 9 nitrogen and oxygen atoms in total. The fourth-order valence-corrected chi connectivity index (χ4v) is 4.23. The zero-order valence-electron chi connectivity index (χ0n) is 16.4. The first-order chi connectivity index (χ1) is 15.0. The number of aliphatic imine (C=N–C) groups is 1. The molecule has 0 bridgehead atoms. The van der Waals surface area contributed by atoms with Gasteiger partial charge in [0.2, 0.25) is 5.89 Å². The number of amidine groups is 1. The third kappa shape index (κ3) is 3.26. The molecule has 3 heterocycles. The predicted octanol–water partition coefficient (Wildman–Crippen LogP) is 2.98. The first-order valence-electron chi connectivity index (χ1n) is 9.22. The van der Waals surface area contributed by atoms with E-state index in [-0.39, 0.29) is 27.9 Å². The second kappa shape index (κ2) is 7.40. The van der Waals surface area contributed by atoms with Crippen LogP contribution in [0.25, 0.3) is 17.0 Å². The SMILES string of the molecule is COc1ccc(-c2nnc(/N=C3\NC(=O)/C(=C4\C(=O)N(C)c5ccccc54)S3)o2)cc1. The molecule has 10 heteroatoms. The van der Waals surface area contributed by atoms with Crippen molar-refractivity contribution in [3.05, 3.63) is 59.0 Å². The molecule has 2 amide bonds. The maximum atomic E-state index is 12.8. The van der Waals surface area contributed by atoms with Gasteiger partial charge in [-0.25, -0.2) is 0 Å². The zero-order valence-corrected chi connectivity index (χ0v) is 17.3. The number of likely N-dealkylation sites (N-methyl/N-ethyl adjacent to an activating group) is 1. The molecule has 0 aliphatic carbocycles. The smallest absolute Gasteiger partial charge is 0.345 e. The summed E-state index contributed by atoms with van der Waals surface area (Å²) in [5.41, 5.74) is 2.54. The maximum Gasteiger partial charge on any atom is 0.345 e. The number of nitrogens with zero attached hydrogens (tertiary/aromatic N) is 4. The monoisotopic (exact) mass is 433 g/mol. The van der Waals surface area contributed by atoms with E-state index in [9.17, 15) is 9.59 Å². The van der Waals surface area contributed by atoms with E-state index in [0.29, 0.717) is 22.4 Å². The quantitative estimate of drug-likeness (QED) is 0.632. The molecule has 1 saturated heterocycles. The molecule has 1 N–H and O–H groups in total. The Balaban J connectivity index is 1.44. The van der Waals surface area contributed by atoms with Crippen molar-refractivity contribution in [1.82, 2.24) is 15.5 Å². The van der Waals surface area contributed by atoms with Crippen molar-refractivity contribution in [2.75, 3.05) is 19.1 Å². The molecule has 5 rings (SSSR count). The molecule has 31 heavy (non-hydrogen) atoms. The van der Waals surface area contributed by atoms with Crippen LogP contribution in [-0.4, -0.2) is 41.3 Å². The standard InChI is InChI=1S/C21H15N5O4S/c1-26-14-6-4-3-5-13(14)15(19(26)28)16-17(27)22-21(31-16)23-20-25-24-18(30-20)11-7-9-12(29-2)10-8-11/h3-10H,1-2H3,(H,22,23,25,27)/b16-15+. The maximum absolute atomic E-state index is 12.8. The summed E-state index contributed by atoms with van der Waals surface area (Å²) >= 11 is 1.07. The van der Waals surface area contributed by atoms with Crippen molar-refractivity contribution >= 4 is 46.0 Å². The highest BCUT2D eigenvalue weighted by molar-refractivity contribution is 8.18. The minimum absolute atomic E-state index is 0.00450. The number of thioether (sulfide) groups is 1. The van der Waals surface area contributed by atoms with Crippen LogP contribution in [0, 0.1) is 0 Å².